The first-order valence-electron chi connectivity index (χ1n) is 23.4. The van der Waals surface area contributed by atoms with Crippen molar-refractivity contribution >= 4 is 19.8 Å². The number of aliphatic hydroxyl groups is 5. The predicted octanol–water partition coefficient (Wildman–Crippen LogP) is 9.17. The van der Waals surface area contributed by atoms with Gasteiger partial charge in [0.25, 0.3) is 0 Å². The molecule has 61 heavy (non-hydrogen) atoms. The molecule has 14 heteroatoms. The summed E-state index contributed by atoms with van der Waals surface area (Å²) in [5.74, 6) is -1.12. The topological polar surface area (TPSA) is 210 Å². The molecular weight excluding hydrogens is 803 g/mol. The van der Waals surface area contributed by atoms with Gasteiger partial charge in [-0.05, 0) is 70.6 Å². The van der Waals surface area contributed by atoms with Gasteiger partial charge in [0, 0.05) is 12.8 Å². The fourth-order valence-corrected chi connectivity index (χ4v) is 7.86. The number of esters is 2. The summed E-state index contributed by atoms with van der Waals surface area (Å²) in [6.07, 6.45) is 30.2. The summed E-state index contributed by atoms with van der Waals surface area (Å²) < 4.78 is 33.5. The van der Waals surface area contributed by atoms with Crippen molar-refractivity contribution in [2.24, 2.45) is 0 Å². The lowest BCUT2D eigenvalue weighted by Gasteiger charge is -2.41. The second kappa shape index (κ2) is 37.2. The van der Waals surface area contributed by atoms with Crippen molar-refractivity contribution in [2.75, 3.05) is 13.2 Å². The molecule has 0 aliphatic heterocycles. The molecule has 0 aromatic rings. The summed E-state index contributed by atoms with van der Waals surface area (Å²) in [7, 11) is -5.12. The third-order valence-electron chi connectivity index (χ3n) is 10.7. The molecule has 0 heterocycles. The molecule has 0 bridgehead atoms. The number of carbonyl (C=O) groups excluding carboxylic acids is 2. The summed E-state index contributed by atoms with van der Waals surface area (Å²) >= 11 is 0. The lowest BCUT2D eigenvalue weighted by atomic mass is 9.85. The van der Waals surface area contributed by atoms with Crippen LogP contribution in [0, 0.1) is 0 Å². The minimum atomic E-state index is -5.12. The number of rotatable bonds is 38. The van der Waals surface area contributed by atoms with E-state index in [2.05, 4.69) is 62.5 Å². The van der Waals surface area contributed by atoms with E-state index < -0.39 is 75.7 Å². The molecule has 0 aromatic heterocycles. The summed E-state index contributed by atoms with van der Waals surface area (Å²) in [6, 6.07) is 0. The van der Waals surface area contributed by atoms with Crippen LogP contribution in [0.4, 0.5) is 0 Å². The molecule has 0 aromatic carbocycles. The maximum atomic E-state index is 12.8. The zero-order chi connectivity index (χ0) is 45.0. The number of unbranched alkanes of at least 4 members (excludes halogenated alkanes) is 18. The van der Waals surface area contributed by atoms with Crippen molar-refractivity contribution in [1.82, 2.24) is 0 Å². The average Bonchev–Trinajstić information content (AvgIpc) is 3.24. The summed E-state index contributed by atoms with van der Waals surface area (Å²) in [4.78, 5) is 35.7. The van der Waals surface area contributed by atoms with Crippen LogP contribution in [0.25, 0.3) is 0 Å². The Balaban J connectivity index is 2.46. The van der Waals surface area contributed by atoms with Gasteiger partial charge in [-0.2, -0.15) is 0 Å². The molecule has 1 rings (SSSR count). The Hall–Kier alpha value is -2.19. The molecular formula is C47H83O13P. The first-order valence-corrected chi connectivity index (χ1v) is 24.9. The third kappa shape index (κ3) is 29.7. The summed E-state index contributed by atoms with van der Waals surface area (Å²) in [5, 5.41) is 50.2. The molecule has 1 aliphatic carbocycles. The summed E-state index contributed by atoms with van der Waals surface area (Å²) in [6.45, 7) is 3.17. The lowest BCUT2D eigenvalue weighted by Crippen LogP contribution is -2.64. The first-order chi connectivity index (χ1) is 29.4. The number of hydrogen-bond donors (Lipinski definition) is 6. The number of hydrogen-bond acceptors (Lipinski definition) is 12. The van der Waals surface area contributed by atoms with E-state index >= 15 is 0 Å². The van der Waals surface area contributed by atoms with Gasteiger partial charge in [-0.25, -0.2) is 4.57 Å². The zero-order valence-corrected chi connectivity index (χ0v) is 38.3. The number of phosphoric ester groups is 1. The van der Waals surface area contributed by atoms with Gasteiger partial charge in [-0.3, -0.25) is 18.6 Å². The van der Waals surface area contributed by atoms with E-state index in [1.165, 1.54) is 38.5 Å². The second-order valence-electron chi connectivity index (χ2n) is 16.2. The smallest absolute Gasteiger partial charge is 0.462 e. The quantitative estimate of drug-likeness (QED) is 0.0148. The lowest BCUT2D eigenvalue weighted by molar-refractivity contribution is -0.220. The van der Waals surface area contributed by atoms with Crippen LogP contribution in [-0.4, -0.2) is 98.3 Å². The maximum absolute atomic E-state index is 12.8. The fourth-order valence-electron chi connectivity index (χ4n) is 6.88. The third-order valence-corrected chi connectivity index (χ3v) is 11.6. The molecule has 6 unspecified atom stereocenters. The number of phosphoric acid groups is 1. The van der Waals surface area contributed by atoms with Gasteiger partial charge in [0.1, 0.15) is 43.2 Å². The van der Waals surface area contributed by atoms with Gasteiger partial charge in [-0.1, -0.05) is 146 Å². The van der Waals surface area contributed by atoms with Crippen molar-refractivity contribution in [3.05, 3.63) is 48.6 Å². The Labute approximate surface area is 367 Å². The van der Waals surface area contributed by atoms with Crippen molar-refractivity contribution in [1.29, 1.82) is 0 Å². The zero-order valence-electron chi connectivity index (χ0n) is 37.4. The molecule has 6 atom stereocenters. The predicted molar refractivity (Wildman–Crippen MR) is 239 cm³/mol. The second-order valence-corrected chi connectivity index (χ2v) is 17.6. The molecule has 0 amide bonds. The standard InChI is InChI=1S/C47H83O13P/c1-3-5-7-9-11-13-15-17-19-20-22-24-26-28-30-32-34-36-41(49)59-39(38-58-61(55,56)60-47-45(53)43(51)42(50)44(52)46(47)54)37-57-40(48)35-33-31-29-27-25-23-21-18-16-14-12-10-8-6-4-2/h5,7,11,13,17-19,21,39,42-47,50-54H,3-4,6,8-10,12,14-16,20,22-38H2,1-2H3,(H,55,56)/b7-5-,13-11-,19-17-,21-18-. The van der Waals surface area contributed by atoms with E-state index in [1.54, 1.807) is 0 Å². The first kappa shape index (κ1) is 56.8. The van der Waals surface area contributed by atoms with Crippen LogP contribution in [0.5, 0.6) is 0 Å². The molecule has 0 spiro atoms. The van der Waals surface area contributed by atoms with Crippen LogP contribution in [0.3, 0.4) is 0 Å². The average molecular weight is 887 g/mol. The Morgan fingerprint density at radius 2 is 0.934 bits per heavy atom. The highest BCUT2D eigenvalue weighted by Gasteiger charge is 2.51. The molecule has 13 nitrogen and oxygen atoms in total. The van der Waals surface area contributed by atoms with Crippen LogP contribution < -0.4 is 0 Å². The Kier molecular flexibility index (Phi) is 34.7. The van der Waals surface area contributed by atoms with Crippen molar-refractivity contribution in [3.63, 3.8) is 0 Å². The largest absolute Gasteiger partial charge is 0.472 e. The Bertz CT molecular complexity index is 1250. The monoisotopic (exact) mass is 887 g/mol. The van der Waals surface area contributed by atoms with E-state index in [-0.39, 0.29) is 12.8 Å². The molecule has 1 saturated carbocycles. The highest BCUT2D eigenvalue weighted by molar-refractivity contribution is 7.47. The van der Waals surface area contributed by atoms with Crippen LogP contribution >= 0.6 is 7.82 Å². The molecule has 6 N–H and O–H groups in total. The van der Waals surface area contributed by atoms with Crippen LogP contribution in [0.15, 0.2) is 48.6 Å². The van der Waals surface area contributed by atoms with Gasteiger partial charge < -0.3 is 39.9 Å². The van der Waals surface area contributed by atoms with Crippen LogP contribution in [-0.2, 0) is 32.7 Å². The van der Waals surface area contributed by atoms with Crippen molar-refractivity contribution < 1.29 is 63.1 Å². The highest BCUT2D eigenvalue weighted by atomic mass is 31.2. The van der Waals surface area contributed by atoms with Gasteiger partial charge >= 0.3 is 19.8 Å². The van der Waals surface area contributed by atoms with Crippen LogP contribution in [0.2, 0.25) is 0 Å². The number of aliphatic hydroxyl groups excluding tert-OH is 5. The molecule has 0 radical (unpaired) electrons. The fraction of sp³-hybridized carbons (Fsp3) is 0.787. The van der Waals surface area contributed by atoms with Gasteiger partial charge in [0.05, 0.1) is 6.61 Å². The minimum Gasteiger partial charge on any atom is -0.462 e. The van der Waals surface area contributed by atoms with E-state index in [9.17, 15) is 44.6 Å². The van der Waals surface area contributed by atoms with Crippen molar-refractivity contribution in [3.8, 4) is 0 Å². The van der Waals surface area contributed by atoms with Gasteiger partial charge in [0.2, 0.25) is 0 Å². The Morgan fingerprint density at radius 3 is 1.44 bits per heavy atom. The van der Waals surface area contributed by atoms with Crippen molar-refractivity contribution in [2.45, 2.75) is 224 Å². The molecule has 1 fully saturated rings. The van der Waals surface area contributed by atoms with E-state index in [1.807, 2.05) is 0 Å². The minimum absolute atomic E-state index is 0.0827. The Morgan fingerprint density at radius 1 is 0.525 bits per heavy atom. The van der Waals surface area contributed by atoms with E-state index in [4.69, 9.17) is 18.5 Å². The van der Waals surface area contributed by atoms with Crippen LogP contribution in [0.1, 0.15) is 181 Å². The highest BCUT2D eigenvalue weighted by Crippen LogP contribution is 2.47. The summed E-state index contributed by atoms with van der Waals surface area (Å²) in [5.41, 5.74) is 0. The number of carbonyl (C=O) groups is 2. The molecule has 1 aliphatic rings. The van der Waals surface area contributed by atoms with E-state index in [0.29, 0.717) is 12.8 Å². The number of ether oxygens (including phenoxy) is 2. The molecule has 354 valence electrons. The molecule has 0 saturated heterocycles. The van der Waals surface area contributed by atoms with Gasteiger partial charge in [0.15, 0.2) is 6.10 Å². The number of allylic oxidation sites excluding steroid dienone is 8. The maximum Gasteiger partial charge on any atom is 0.472 e. The SMILES string of the molecule is CC/C=C\C/C=C\C/C=C\CCCCCCCCCC(=O)OC(COC(=O)CCCCCCC/C=C\CCCCCCCC)COP(=O)(O)OC1C(O)C(O)C(O)C(O)C1O. The van der Waals surface area contributed by atoms with Gasteiger partial charge in [-0.15, -0.1) is 0 Å². The normalized spacial score (nSPS) is 22.4. The van der Waals surface area contributed by atoms with E-state index in [0.717, 1.165) is 103 Å².